The minimum absolute atomic E-state index is 0.0272. The van der Waals surface area contributed by atoms with Crippen LogP contribution in [0.15, 0.2) is 30.3 Å². The highest BCUT2D eigenvalue weighted by atomic mass is 16.8. The Labute approximate surface area is 154 Å². The lowest BCUT2D eigenvalue weighted by Crippen LogP contribution is -2.41. The van der Waals surface area contributed by atoms with Crippen LogP contribution in [0.25, 0.3) is 0 Å². The molecule has 1 saturated carbocycles. The van der Waals surface area contributed by atoms with Gasteiger partial charge >= 0.3 is 5.97 Å². The highest BCUT2D eigenvalue weighted by molar-refractivity contribution is 5.74. The van der Waals surface area contributed by atoms with E-state index in [4.69, 9.17) is 19.0 Å². The fraction of sp³-hybridized carbons (Fsp3) is 0.650. The molecule has 3 aliphatic rings. The summed E-state index contributed by atoms with van der Waals surface area (Å²) >= 11 is 0. The Morgan fingerprint density at radius 2 is 2.00 bits per heavy atom. The van der Waals surface area contributed by atoms with Gasteiger partial charge in [-0.25, -0.2) is 4.79 Å². The lowest BCUT2D eigenvalue weighted by molar-refractivity contribution is -0.216. The molecule has 0 N–H and O–H groups in total. The number of ether oxygens (including phenoxy) is 3. The number of methoxy groups -OCH3 is 1. The average Bonchev–Trinajstić information content (AvgIpc) is 3.27. The van der Waals surface area contributed by atoms with E-state index in [0.717, 1.165) is 31.2 Å². The van der Waals surface area contributed by atoms with Gasteiger partial charge in [-0.1, -0.05) is 36.8 Å². The van der Waals surface area contributed by atoms with E-state index in [1.165, 1.54) is 13.5 Å². The van der Waals surface area contributed by atoms with Gasteiger partial charge in [0.15, 0.2) is 11.9 Å². The largest absolute Gasteiger partial charge is 0.467 e. The molecule has 6 nitrogen and oxygen atoms in total. The molecule has 0 amide bonds. The molecule has 142 valence electrons. The van der Waals surface area contributed by atoms with E-state index in [9.17, 15) is 4.79 Å². The Balaban J connectivity index is 1.48. The standard InChI is InChI=1S/C20H27NO5/c1-23-19(22)17-12-16(21(26-17)13-15-8-4-2-5-9-15)18-14-24-20(25-18)10-6-3-7-11-20/h2,4-5,8-9,16-18H,3,6-7,10-14H2,1H3/t16-,17+,18+/m0/s1. The van der Waals surface area contributed by atoms with Crippen molar-refractivity contribution < 1.29 is 23.8 Å². The molecular weight excluding hydrogens is 334 g/mol. The smallest absolute Gasteiger partial charge is 0.337 e. The van der Waals surface area contributed by atoms with Crippen molar-refractivity contribution in [2.24, 2.45) is 0 Å². The molecule has 1 aliphatic carbocycles. The predicted octanol–water partition coefficient (Wildman–Crippen LogP) is 2.81. The summed E-state index contributed by atoms with van der Waals surface area (Å²) in [7, 11) is 1.40. The van der Waals surface area contributed by atoms with Crippen LogP contribution in [0.1, 0.15) is 44.1 Å². The maximum absolute atomic E-state index is 12.0. The molecule has 0 unspecified atom stereocenters. The number of carbonyl (C=O) groups excluding carboxylic acids is 1. The summed E-state index contributed by atoms with van der Waals surface area (Å²) in [4.78, 5) is 18.0. The number of esters is 1. The van der Waals surface area contributed by atoms with Gasteiger partial charge in [0.1, 0.15) is 6.10 Å². The molecule has 6 heteroatoms. The van der Waals surface area contributed by atoms with Crippen molar-refractivity contribution in [2.75, 3.05) is 13.7 Å². The third kappa shape index (κ3) is 3.64. The zero-order chi connectivity index (χ0) is 18.0. The summed E-state index contributed by atoms with van der Waals surface area (Å²) in [5, 5.41) is 1.88. The maximum Gasteiger partial charge on any atom is 0.337 e. The summed E-state index contributed by atoms with van der Waals surface area (Å²) in [6, 6.07) is 10.1. The Kier molecular flexibility index (Phi) is 5.27. The van der Waals surface area contributed by atoms with Crippen molar-refractivity contribution in [1.82, 2.24) is 5.06 Å². The number of benzene rings is 1. The van der Waals surface area contributed by atoms with Crippen LogP contribution in [-0.2, 0) is 30.4 Å². The van der Waals surface area contributed by atoms with Gasteiger partial charge in [0.05, 0.1) is 19.8 Å². The van der Waals surface area contributed by atoms with E-state index in [1.54, 1.807) is 0 Å². The number of carbonyl (C=O) groups is 1. The first-order valence-corrected chi connectivity index (χ1v) is 9.56. The second-order valence-electron chi connectivity index (χ2n) is 7.42. The average molecular weight is 361 g/mol. The first kappa shape index (κ1) is 17.9. The third-order valence-corrected chi connectivity index (χ3v) is 5.65. The molecule has 1 spiro atoms. The van der Waals surface area contributed by atoms with Crippen LogP contribution >= 0.6 is 0 Å². The molecule has 26 heavy (non-hydrogen) atoms. The fourth-order valence-electron chi connectivity index (χ4n) is 4.27. The van der Waals surface area contributed by atoms with Gasteiger partial charge in [-0.05, 0) is 18.4 Å². The molecule has 3 fully saturated rings. The quantitative estimate of drug-likeness (QED) is 0.769. The topological polar surface area (TPSA) is 57.2 Å². The highest BCUT2D eigenvalue weighted by Crippen LogP contribution is 2.41. The van der Waals surface area contributed by atoms with E-state index in [0.29, 0.717) is 19.6 Å². The molecule has 0 aromatic heterocycles. The highest BCUT2D eigenvalue weighted by Gasteiger charge is 2.50. The SMILES string of the molecule is COC(=O)[C@H]1C[C@@H]([C@H]2COC3(CCCCC3)O2)N(Cc2ccccc2)O1. The van der Waals surface area contributed by atoms with Crippen molar-refractivity contribution in [1.29, 1.82) is 0 Å². The predicted molar refractivity (Wildman–Crippen MR) is 93.9 cm³/mol. The molecule has 3 atom stereocenters. The molecular formula is C20H27NO5. The Morgan fingerprint density at radius 3 is 2.73 bits per heavy atom. The van der Waals surface area contributed by atoms with Gasteiger partial charge in [-0.15, -0.1) is 0 Å². The monoisotopic (exact) mass is 361 g/mol. The van der Waals surface area contributed by atoms with Gasteiger partial charge in [-0.3, -0.25) is 4.84 Å². The number of rotatable bonds is 4. The number of hydrogen-bond donors (Lipinski definition) is 0. The summed E-state index contributed by atoms with van der Waals surface area (Å²) in [6.07, 6.45) is 5.33. The minimum Gasteiger partial charge on any atom is -0.467 e. The lowest BCUT2D eigenvalue weighted by atomic mass is 9.94. The second kappa shape index (κ2) is 7.64. The Hall–Kier alpha value is -1.47. The van der Waals surface area contributed by atoms with E-state index >= 15 is 0 Å². The summed E-state index contributed by atoms with van der Waals surface area (Å²) in [6.45, 7) is 1.15. The molecule has 2 heterocycles. The molecule has 2 saturated heterocycles. The lowest BCUT2D eigenvalue weighted by Gasteiger charge is -2.33. The zero-order valence-electron chi connectivity index (χ0n) is 15.3. The number of nitrogens with zero attached hydrogens (tertiary/aromatic N) is 1. The maximum atomic E-state index is 12.0. The van der Waals surface area contributed by atoms with E-state index in [-0.39, 0.29) is 18.1 Å². The Bertz CT molecular complexity index is 616. The van der Waals surface area contributed by atoms with Crippen molar-refractivity contribution in [3.63, 3.8) is 0 Å². The van der Waals surface area contributed by atoms with Gasteiger partial charge in [0.2, 0.25) is 0 Å². The van der Waals surface area contributed by atoms with E-state index in [2.05, 4.69) is 12.1 Å². The first-order valence-electron chi connectivity index (χ1n) is 9.56. The fourth-order valence-corrected chi connectivity index (χ4v) is 4.27. The summed E-state index contributed by atoms with van der Waals surface area (Å²) in [5.74, 6) is -0.762. The Morgan fingerprint density at radius 1 is 1.23 bits per heavy atom. The molecule has 1 aromatic rings. The van der Waals surface area contributed by atoms with Gasteiger partial charge < -0.3 is 14.2 Å². The third-order valence-electron chi connectivity index (χ3n) is 5.65. The van der Waals surface area contributed by atoms with Crippen LogP contribution < -0.4 is 0 Å². The van der Waals surface area contributed by atoms with Crippen LogP contribution in [0.2, 0.25) is 0 Å². The van der Waals surface area contributed by atoms with Crippen LogP contribution in [0.4, 0.5) is 0 Å². The van der Waals surface area contributed by atoms with Crippen molar-refractivity contribution >= 4 is 5.97 Å². The number of hydrogen-bond acceptors (Lipinski definition) is 6. The molecule has 1 aromatic carbocycles. The van der Waals surface area contributed by atoms with Crippen LogP contribution in [0, 0.1) is 0 Å². The summed E-state index contributed by atoms with van der Waals surface area (Å²) < 4.78 is 17.4. The van der Waals surface area contributed by atoms with E-state index < -0.39 is 11.9 Å². The van der Waals surface area contributed by atoms with E-state index in [1.807, 2.05) is 23.3 Å². The zero-order valence-corrected chi connectivity index (χ0v) is 15.3. The second-order valence-corrected chi connectivity index (χ2v) is 7.42. The van der Waals surface area contributed by atoms with Crippen LogP contribution in [-0.4, -0.2) is 48.8 Å². The van der Waals surface area contributed by atoms with Gasteiger partial charge in [0, 0.05) is 25.8 Å². The normalized spacial score (nSPS) is 31.3. The van der Waals surface area contributed by atoms with Gasteiger partial charge in [0.25, 0.3) is 0 Å². The van der Waals surface area contributed by atoms with Crippen molar-refractivity contribution in [3.8, 4) is 0 Å². The van der Waals surface area contributed by atoms with Crippen LogP contribution in [0.5, 0.6) is 0 Å². The minimum atomic E-state index is -0.583. The molecule has 2 aliphatic heterocycles. The molecule has 4 rings (SSSR count). The van der Waals surface area contributed by atoms with Crippen LogP contribution in [0.3, 0.4) is 0 Å². The molecule has 0 radical (unpaired) electrons. The first-order chi connectivity index (χ1) is 12.7. The summed E-state index contributed by atoms with van der Waals surface area (Å²) in [5.41, 5.74) is 1.13. The molecule has 0 bridgehead atoms. The van der Waals surface area contributed by atoms with Crippen molar-refractivity contribution in [2.45, 2.75) is 69.1 Å². The number of hydroxylamine groups is 2. The van der Waals surface area contributed by atoms with Gasteiger partial charge in [-0.2, -0.15) is 5.06 Å². The van der Waals surface area contributed by atoms with Crippen molar-refractivity contribution in [3.05, 3.63) is 35.9 Å².